The van der Waals surface area contributed by atoms with E-state index < -0.39 is 0 Å². The van der Waals surface area contributed by atoms with Crippen molar-refractivity contribution in [3.05, 3.63) is 51.6 Å². The summed E-state index contributed by atoms with van der Waals surface area (Å²) >= 11 is 2.20. The molecule has 1 aliphatic heterocycles. The van der Waals surface area contributed by atoms with Gasteiger partial charge in [-0.25, -0.2) is 13.9 Å². The van der Waals surface area contributed by atoms with Crippen LogP contribution in [0.3, 0.4) is 0 Å². The Kier molecular flexibility index (Phi) is 4.28. The first-order valence-electron chi connectivity index (χ1n) is 7.93. The van der Waals surface area contributed by atoms with Crippen molar-refractivity contribution >= 4 is 46.2 Å². The van der Waals surface area contributed by atoms with Crippen molar-refractivity contribution in [2.24, 2.45) is 0 Å². The molecule has 8 heteroatoms. The molecule has 3 aromatic rings. The molecule has 1 saturated heterocycles. The molecule has 1 amide bonds. The third-order valence-electron chi connectivity index (χ3n) is 4.43. The highest BCUT2D eigenvalue weighted by molar-refractivity contribution is 14.1. The highest BCUT2D eigenvalue weighted by Crippen LogP contribution is 2.37. The molecule has 1 unspecified atom stereocenters. The summed E-state index contributed by atoms with van der Waals surface area (Å²) in [7, 11) is 0. The van der Waals surface area contributed by atoms with Gasteiger partial charge in [-0.05, 0) is 59.7 Å². The Bertz CT molecular complexity index is 944. The number of halogens is 2. The van der Waals surface area contributed by atoms with Gasteiger partial charge in [0.1, 0.15) is 17.3 Å². The predicted molar refractivity (Wildman–Crippen MR) is 101 cm³/mol. The number of hydrogen-bond donors (Lipinski definition) is 1. The molecule has 25 heavy (non-hydrogen) atoms. The Morgan fingerprint density at radius 1 is 1.36 bits per heavy atom. The Morgan fingerprint density at radius 2 is 2.24 bits per heavy atom. The minimum absolute atomic E-state index is 0.0462. The second kappa shape index (κ2) is 6.58. The molecule has 128 valence electrons. The maximum Gasteiger partial charge on any atom is 0.211 e. The normalized spacial score (nSPS) is 17.2. The first kappa shape index (κ1) is 16.2. The van der Waals surface area contributed by atoms with E-state index in [0.717, 1.165) is 28.8 Å². The van der Waals surface area contributed by atoms with Crippen LogP contribution in [0.15, 0.2) is 36.7 Å². The summed E-state index contributed by atoms with van der Waals surface area (Å²) in [4.78, 5) is 17.5. The topological polar surface area (TPSA) is 62.5 Å². The van der Waals surface area contributed by atoms with Gasteiger partial charge in [-0.2, -0.15) is 5.10 Å². The first-order valence-corrected chi connectivity index (χ1v) is 9.01. The van der Waals surface area contributed by atoms with Crippen LogP contribution in [0.2, 0.25) is 0 Å². The van der Waals surface area contributed by atoms with Crippen molar-refractivity contribution in [3.63, 3.8) is 0 Å². The van der Waals surface area contributed by atoms with E-state index in [9.17, 15) is 9.18 Å². The summed E-state index contributed by atoms with van der Waals surface area (Å²) in [5.74, 6) is 0.564. The monoisotopic (exact) mass is 451 g/mol. The minimum atomic E-state index is -0.189. The molecule has 6 nitrogen and oxygen atoms in total. The first-order chi connectivity index (χ1) is 12.2. The summed E-state index contributed by atoms with van der Waals surface area (Å²) in [6, 6.07) is 7.01. The van der Waals surface area contributed by atoms with E-state index in [1.54, 1.807) is 23.0 Å². The van der Waals surface area contributed by atoms with Gasteiger partial charge in [0, 0.05) is 21.9 Å². The van der Waals surface area contributed by atoms with Crippen molar-refractivity contribution in [1.29, 1.82) is 0 Å². The van der Waals surface area contributed by atoms with E-state index in [1.807, 2.05) is 12.1 Å². The van der Waals surface area contributed by atoms with Gasteiger partial charge >= 0.3 is 0 Å². The summed E-state index contributed by atoms with van der Waals surface area (Å²) in [5.41, 5.74) is 1.82. The zero-order valence-electron chi connectivity index (χ0n) is 13.2. The van der Waals surface area contributed by atoms with Crippen LogP contribution in [0.1, 0.15) is 24.4 Å². The number of carbonyl (C=O) groups is 1. The number of aromatic nitrogens is 3. The van der Waals surface area contributed by atoms with Crippen LogP contribution >= 0.6 is 22.6 Å². The van der Waals surface area contributed by atoms with Crippen LogP contribution < -0.4 is 10.2 Å². The predicted octanol–water partition coefficient (Wildman–Crippen LogP) is 3.38. The number of amides is 1. The van der Waals surface area contributed by atoms with Gasteiger partial charge in [0.05, 0.1) is 12.2 Å². The average molecular weight is 451 g/mol. The molecule has 3 heterocycles. The van der Waals surface area contributed by atoms with Gasteiger partial charge in [0.2, 0.25) is 6.41 Å². The van der Waals surface area contributed by atoms with Gasteiger partial charge in [-0.1, -0.05) is 0 Å². The number of hydrogen-bond acceptors (Lipinski definition) is 4. The smallest absolute Gasteiger partial charge is 0.211 e. The fourth-order valence-corrected chi connectivity index (χ4v) is 3.83. The van der Waals surface area contributed by atoms with Gasteiger partial charge in [0.25, 0.3) is 0 Å². The molecule has 4 rings (SSSR count). The van der Waals surface area contributed by atoms with E-state index >= 15 is 0 Å². The molecule has 0 saturated carbocycles. The zero-order chi connectivity index (χ0) is 17.4. The van der Waals surface area contributed by atoms with Gasteiger partial charge in [-0.3, -0.25) is 4.79 Å². The summed E-state index contributed by atoms with van der Waals surface area (Å²) in [5, 5.41) is 6.76. The molecule has 0 radical (unpaired) electrons. The number of anilines is 2. The van der Waals surface area contributed by atoms with Gasteiger partial charge < -0.3 is 10.2 Å². The number of nitrogens with one attached hydrogen (secondary N) is 1. The SMILES string of the molecule is O=CNc1cnn2ccc(N3CCCC3c3cc(I)ccc3F)nc12. The lowest BCUT2D eigenvalue weighted by Gasteiger charge is -2.26. The van der Waals surface area contributed by atoms with Crippen LogP contribution in [0, 0.1) is 9.39 Å². The highest BCUT2D eigenvalue weighted by Gasteiger charge is 2.29. The molecule has 1 aromatic carbocycles. The average Bonchev–Trinajstić information content (AvgIpc) is 3.24. The van der Waals surface area contributed by atoms with Crippen LogP contribution in [-0.2, 0) is 4.79 Å². The number of carbonyl (C=O) groups excluding carboxylic acids is 1. The second-order valence-corrected chi connectivity index (χ2v) is 7.14. The molecule has 0 spiro atoms. The largest absolute Gasteiger partial charge is 0.349 e. The van der Waals surface area contributed by atoms with Crippen molar-refractivity contribution < 1.29 is 9.18 Å². The van der Waals surface area contributed by atoms with E-state index in [4.69, 9.17) is 0 Å². The van der Waals surface area contributed by atoms with E-state index in [1.165, 1.54) is 6.07 Å². The molecule has 2 aromatic heterocycles. The summed E-state index contributed by atoms with van der Waals surface area (Å²) in [6.45, 7) is 0.809. The van der Waals surface area contributed by atoms with Crippen LogP contribution in [0.25, 0.3) is 5.65 Å². The van der Waals surface area contributed by atoms with E-state index in [-0.39, 0.29) is 11.9 Å². The van der Waals surface area contributed by atoms with E-state index in [0.29, 0.717) is 23.3 Å². The fraction of sp³-hybridized carbons (Fsp3) is 0.235. The number of rotatable bonds is 4. The molecule has 1 N–H and O–H groups in total. The van der Waals surface area contributed by atoms with Crippen LogP contribution in [0.4, 0.5) is 15.9 Å². The minimum Gasteiger partial charge on any atom is -0.349 e. The lowest BCUT2D eigenvalue weighted by molar-refractivity contribution is -0.105. The molecule has 0 aliphatic carbocycles. The third kappa shape index (κ3) is 2.94. The Labute approximate surface area is 157 Å². The quantitative estimate of drug-likeness (QED) is 0.488. The van der Waals surface area contributed by atoms with Crippen molar-refractivity contribution in [2.75, 3.05) is 16.8 Å². The number of fused-ring (bicyclic) bond motifs is 1. The molecule has 1 aliphatic rings. The van der Waals surface area contributed by atoms with E-state index in [2.05, 4.69) is 42.9 Å². The lowest BCUT2D eigenvalue weighted by Crippen LogP contribution is -2.24. The molecule has 1 fully saturated rings. The van der Waals surface area contributed by atoms with Gasteiger partial charge in [-0.15, -0.1) is 0 Å². The van der Waals surface area contributed by atoms with Crippen molar-refractivity contribution in [2.45, 2.75) is 18.9 Å². The lowest BCUT2D eigenvalue weighted by atomic mass is 10.0. The van der Waals surface area contributed by atoms with Crippen molar-refractivity contribution in [3.8, 4) is 0 Å². The molecule has 1 atom stereocenters. The summed E-state index contributed by atoms with van der Waals surface area (Å²) in [6.07, 6.45) is 5.81. The Balaban J connectivity index is 1.75. The standard InChI is InChI=1S/C17H15FIN5O/c18-13-4-3-11(19)8-12(13)15-2-1-6-23(15)16-5-7-24-17(22-16)14(9-21-24)20-10-25/h3-5,7-10,15H,1-2,6H2,(H,20,25). The highest BCUT2D eigenvalue weighted by atomic mass is 127. The maximum absolute atomic E-state index is 14.4. The zero-order valence-corrected chi connectivity index (χ0v) is 15.4. The molecular weight excluding hydrogens is 436 g/mol. The number of nitrogens with zero attached hydrogens (tertiary/aromatic N) is 4. The van der Waals surface area contributed by atoms with Crippen molar-refractivity contribution in [1.82, 2.24) is 14.6 Å². The Morgan fingerprint density at radius 3 is 3.08 bits per heavy atom. The molecular formula is C17H15FIN5O. The fourth-order valence-electron chi connectivity index (χ4n) is 3.32. The number of benzene rings is 1. The summed E-state index contributed by atoms with van der Waals surface area (Å²) < 4.78 is 17.0. The maximum atomic E-state index is 14.4. The van der Waals surface area contributed by atoms with Crippen LogP contribution in [0.5, 0.6) is 0 Å². The molecule has 0 bridgehead atoms. The van der Waals surface area contributed by atoms with Crippen LogP contribution in [-0.4, -0.2) is 27.6 Å². The Hall–Kier alpha value is -2.23. The van der Waals surface area contributed by atoms with Gasteiger partial charge in [0.15, 0.2) is 5.65 Å². The third-order valence-corrected chi connectivity index (χ3v) is 5.10. The second-order valence-electron chi connectivity index (χ2n) is 5.89.